The Morgan fingerprint density at radius 1 is 1.29 bits per heavy atom. The summed E-state index contributed by atoms with van der Waals surface area (Å²) < 4.78 is 5.07. The lowest BCUT2D eigenvalue weighted by molar-refractivity contribution is 0.691. The van der Waals surface area contributed by atoms with Gasteiger partial charge in [-0.05, 0) is 48.5 Å². The molecule has 0 bridgehead atoms. The fourth-order valence-electron chi connectivity index (χ4n) is 2.44. The van der Waals surface area contributed by atoms with Gasteiger partial charge in [0.2, 0.25) is 0 Å². The van der Waals surface area contributed by atoms with Crippen molar-refractivity contribution in [2.45, 2.75) is 27.3 Å². The minimum Gasteiger partial charge on any atom is -0.311 e. The summed E-state index contributed by atoms with van der Waals surface area (Å²) in [6.45, 7) is 7.81. The van der Waals surface area contributed by atoms with E-state index in [1.54, 1.807) is 0 Å². The molecule has 0 atom stereocenters. The third-order valence-electron chi connectivity index (χ3n) is 3.55. The lowest BCUT2D eigenvalue weighted by Gasteiger charge is -2.07. The second-order valence-electron chi connectivity index (χ2n) is 4.99. The van der Waals surface area contributed by atoms with E-state index in [1.807, 2.05) is 42.9 Å². The van der Waals surface area contributed by atoms with E-state index in [0.29, 0.717) is 0 Å². The van der Waals surface area contributed by atoms with Crippen molar-refractivity contribution in [3.63, 3.8) is 0 Å². The number of imidazole rings is 1. The molecule has 5 nitrogen and oxygen atoms in total. The monoisotopic (exact) mass is 347 g/mol. The Labute approximate surface area is 132 Å². The maximum atomic E-state index is 4.75. The second-order valence-corrected chi connectivity index (χ2v) is 5.78. The van der Waals surface area contributed by atoms with E-state index in [-0.39, 0.29) is 0 Å². The van der Waals surface area contributed by atoms with Crippen LogP contribution in [0.4, 0.5) is 0 Å². The topological polar surface area (TPSA) is 47.2 Å². The number of hydrogen-bond acceptors (Lipinski definition) is 3. The summed E-state index contributed by atoms with van der Waals surface area (Å²) in [5, 5.41) is 7.99. The number of nitrogens with zero attached hydrogens (tertiary/aromatic N) is 4. The molecule has 0 aliphatic heterocycles. The zero-order chi connectivity index (χ0) is 15.0. The van der Waals surface area contributed by atoms with Gasteiger partial charge in [-0.3, -0.25) is 0 Å². The van der Waals surface area contributed by atoms with Crippen molar-refractivity contribution < 1.29 is 0 Å². The van der Waals surface area contributed by atoms with Crippen LogP contribution in [0.1, 0.15) is 24.0 Å². The highest BCUT2D eigenvalue weighted by Gasteiger charge is 2.18. The highest BCUT2D eigenvalue weighted by molar-refractivity contribution is 9.10. The molecule has 3 heterocycles. The summed E-state index contributed by atoms with van der Waals surface area (Å²) >= 11 is 3.58. The fraction of sp³-hybridized carbons (Fsp3) is 0.333. The first-order valence-electron chi connectivity index (χ1n) is 7.02. The number of fused-ring (bicyclic) bond motifs is 1. The van der Waals surface area contributed by atoms with Gasteiger partial charge in [0.25, 0.3) is 0 Å². The Morgan fingerprint density at radius 3 is 2.76 bits per heavy atom. The first-order valence-corrected chi connectivity index (χ1v) is 7.81. The van der Waals surface area contributed by atoms with E-state index in [2.05, 4.69) is 37.7 Å². The predicted octanol–water partition coefficient (Wildman–Crippen LogP) is 3.01. The molecule has 3 aromatic rings. The van der Waals surface area contributed by atoms with Crippen LogP contribution in [-0.2, 0) is 6.54 Å². The fourth-order valence-corrected chi connectivity index (χ4v) is 2.69. The van der Waals surface area contributed by atoms with Gasteiger partial charge in [-0.15, -0.1) is 0 Å². The van der Waals surface area contributed by atoms with Gasteiger partial charge in [0.05, 0.1) is 21.6 Å². The molecular formula is C15H18BrN5. The van der Waals surface area contributed by atoms with Crippen LogP contribution in [0.15, 0.2) is 28.9 Å². The van der Waals surface area contributed by atoms with E-state index in [0.717, 1.165) is 46.1 Å². The Morgan fingerprint density at radius 2 is 2.10 bits per heavy atom. The minimum atomic E-state index is 0.757. The van der Waals surface area contributed by atoms with Gasteiger partial charge in [-0.1, -0.05) is 13.0 Å². The number of nitrogens with one attached hydrogen (secondary N) is 1. The van der Waals surface area contributed by atoms with Crippen LogP contribution in [0.25, 0.3) is 11.5 Å². The summed E-state index contributed by atoms with van der Waals surface area (Å²) in [4.78, 5) is 4.75. The standard InChI is InChI=1S/C15H18BrN5/c1-4-17-9-12-15(18-13-7-5-6-8-20(12)13)21-11(3)14(16)10(2)19-21/h5-8,17H,4,9H2,1-3H3. The Kier molecular flexibility index (Phi) is 3.82. The van der Waals surface area contributed by atoms with Gasteiger partial charge in [0.15, 0.2) is 5.82 Å². The van der Waals surface area contributed by atoms with Gasteiger partial charge in [-0.2, -0.15) is 5.10 Å². The number of rotatable bonds is 4. The smallest absolute Gasteiger partial charge is 0.177 e. The first kappa shape index (κ1) is 14.3. The Bertz CT molecular complexity index is 787. The van der Waals surface area contributed by atoms with Gasteiger partial charge < -0.3 is 9.72 Å². The molecule has 0 aliphatic rings. The van der Waals surface area contributed by atoms with Crippen LogP contribution in [-0.4, -0.2) is 25.7 Å². The van der Waals surface area contributed by atoms with Crippen LogP contribution >= 0.6 is 15.9 Å². The third-order valence-corrected chi connectivity index (χ3v) is 4.70. The summed E-state index contributed by atoms with van der Waals surface area (Å²) in [7, 11) is 0. The van der Waals surface area contributed by atoms with Gasteiger partial charge >= 0.3 is 0 Å². The van der Waals surface area contributed by atoms with Crippen LogP contribution in [0.5, 0.6) is 0 Å². The summed E-state index contributed by atoms with van der Waals surface area (Å²) in [6, 6.07) is 6.03. The zero-order valence-corrected chi connectivity index (χ0v) is 14.0. The third kappa shape index (κ3) is 2.38. The van der Waals surface area contributed by atoms with Crippen molar-refractivity contribution in [1.29, 1.82) is 0 Å². The lowest BCUT2D eigenvalue weighted by atomic mass is 10.3. The van der Waals surface area contributed by atoms with E-state index < -0.39 is 0 Å². The lowest BCUT2D eigenvalue weighted by Crippen LogP contribution is -2.16. The molecule has 0 unspecified atom stereocenters. The quantitative estimate of drug-likeness (QED) is 0.789. The molecule has 0 amide bonds. The normalized spacial score (nSPS) is 11.4. The molecule has 3 aromatic heterocycles. The summed E-state index contributed by atoms with van der Waals surface area (Å²) in [5.74, 6) is 0.883. The van der Waals surface area contributed by atoms with Gasteiger partial charge in [0, 0.05) is 12.7 Å². The highest BCUT2D eigenvalue weighted by Crippen LogP contribution is 2.25. The van der Waals surface area contributed by atoms with Crippen LogP contribution < -0.4 is 5.32 Å². The van der Waals surface area contributed by atoms with Crippen molar-refractivity contribution in [3.05, 3.63) is 46.0 Å². The summed E-state index contributed by atoms with van der Waals surface area (Å²) in [5.41, 5.74) is 4.09. The summed E-state index contributed by atoms with van der Waals surface area (Å²) in [6.07, 6.45) is 2.04. The molecule has 0 saturated carbocycles. The number of hydrogen-bond donors (Lipinski definition) is 1. The Hall–Kier alpha value is -1.66. The largest absolute Gasteiger partial charge is 0.311 e. The van der Waals surface area contributed by atoms with Crippen LogP contribution in [0.2, 0.25) is 0 Å². The van der Waals surface area contributed by atoms with Gasteiger partial charge in [0.1, 0.15) is 5.65 Å². The number of halogens is 1. The zero-order valence-electron chi connectivity index (χ0n) is 12.4. The van der Waals surface area contributed by atoms with E-state index in [4.69, 9.17) is 4.98 Å². The SMILES string of the molecule is CCNCc1c(-n2nc(C)c(Br)c2C)nc2ccccn12. The molecule has 0 aliphatic carbocycles. The van der Waals surface area contributed by atoms with Crippen LogP contribution in [0, 0.1) is 13.8 Å². The Balaban J connectivity index is 2.23. The average Bonchev–Trinajstić information content (AvgIpc) is 2.98. The molecule has 0 radical (unpaired) electrons. The molecule has 0 saturated heterocycles. The van der Waals surface area contributed by atoms with E-state index >= 15 is 0 Å². The van der Waals surface area contributed by atoms with Crippen molar-refractivity contribution in [2.24, 2.45) is 0 Å². The minimum absolute atomic E-state index is 0.757. The van der Waals surface area contributed by atoms with Crippen LogP contribution in [0.3, 0.4) is 0 Å². The van der Waals surface area contributed by atoms with Gasteiger partial charge in [-0.25, -0.2) is 9.67 Å². The number of aryl methyl sites for hydroxylation is 1. The highest BCUT2D eigenvalue weighted by atomic mass is 79.9. The molecule has 6 heteroatoms. The molecule has 110 valence electrons. The molecule has 0 fully saturated rings. The molecule has 1 N–H and O–H groups in total. The molecule has 0 aromatic carbocycles. The number of aromatic nitrogens is 4. The number of pyridine rings is 1. The van der Waals surface area contributed by atoms with E-state index in [1.165, 1.54) is 0 Å². The van der Waals surface area contributed by atoms with Crippen molar-refractivity contribution in [3.8, 4) is 5.82 Å². The maximum absolute atomic E-state index is 4.75. The predicted molar refractivity (Wildman–Crippen MR) is 86.9 cm³/mol. The first-order chi connectivity index (χ1) is 10.1. The van der Waals surface area contributed by atoms with E-state index in [9.17, 15) is 0 Å². The molecule has 0 spiro atoms. The van der Waals surface area contributed by atoms with Crippen molar-refractivity contribution in [2.75, 3.05) is 6.54 Å². The molecule has 3 rings (SSSR count). The van der Waals surface area contributed by atoms with Crippen molar-refractivity contribution in [1.82, 2.24) is 24.5 Å². The molecule has 21 heavy (non-hydrogen) atoms. The average molecular weight is 348 g/mol. The van der Waals surface area contributed by atoms with Crippen molar-refractivity contribution >= 4 is 21.6 Å². The molecular weight excluding hydrogens is 330 g/mol. The maximum Gasteiger partial charge on any atom is 0.177 e. The second kappa shape index (κ2) is 5.61.